The summed E-state index contributed by atoms with van der Waals surface area (Å²) >= 11 is 0. The maximum atomic E-state index is 13.7. The summed E-state index contributed by atoms with van der Waals surface area (Å²) in [6, 6.07) is 5.21. The van der Waals surface area contributed by atoms with Crippen LogP contribution in [0.5, 0.6) is 5.75 Å². The molecule has 1 fully saturated rings. The molecule has 1 aromatic rings. The third kappa shape index (κ3) is 3.00. The van der Waals surface area contributed by atoms with Gasteiger partial charge in [0.25, 0.3) is 0 Å². The molecular weight excluding hydrogens is 233 g/mol. The van der Waals surface area contributed by atoms with E-state index in [9.17, 15) is 4.39 Å². The van der Waals surface area contributed by atoms with Crippen molar-refractivity contribution in [2.24, 2.45) is 0 Å². The predicted molar refractivity (Wildman–Crippen MR) is 68.1 cm³/mol. The molecule has 1 heterocycles. The van der Waals surface area contributed by atoms with Crippen LogP contribution in [0.2, 0.25) is 0 Å². The van der Waals surface area contributed by atoms with Crippen molar-refractivity contribution in [3.63, 3.8) is 0 Å². The van der Waals surface area contributed by atoms with E-state index in [-0.39, 0.29) is 12.4 Å². The number of halogens is 1. The van der Waals surface area contributed by atoms with E-state index in [4.69, 9.17) is 9.84 Å². The number of likely N-dealkylation sites (tertiary alicyclic amines) is 1. The zero-order valence-corrected chi connectivity index (χ0v) is 10.7. The lowest BCUT2D eigenvalue weighted by molar-refractivity contribution is 0.188. The molecule has 1 saturated heterocycles. The Kier molecular flexibility index (Phi) is 4.55. The van der Waals surface area contributed by atoms with Crippen molar-refractivity contribution in [3.05, 3.63) is 29.6 Å². The molecule has 0 radical (unpaired) electrons. The van der Waals surface area contributed by atoms with Crippen molar-refractivity contribution in [1.82, 2.24) is 4.90 Å². The van der Waals surface area contributed by atoms with Gasteiger partial charge in [0, 0.05) is 24.8 Å². The minimum absolute atomic E-state index is 0.189. The largest absolute Gasteiger partial charge is 0.497 e. The third-order valence-corrected chi connectivity index (χ3v) is 3.59. The van der Waals surface area contributed by atoms with Crippen molar-refractivity contribution < 1.29 is 14.2 Å². The summed E-state index contributed by atoms with van der Waals surface area (Å²) in [5.74, 6) is 0.495. The molecule has 1 atom stereocenters. The molecule has 18 heavy (non-hydrogen) atoms. The van der Waals surface area contributed by atoms with Gasteiger partial charge in [-0.15, -0.1) is 0 Å². The number of hydrogen-bond donors (Lipinski definition) is 1. The Labute approximate surface area is 107 Å². The van der Waals surface area contributed by atoms with Gasteiger partial charge in [0.05, 0.1) is 7.11 Å². The summed E-state index contributed by atoms with van der Waals surface area (Å²) < 4.78 is 18.9. The number of ether oxygens (including phenoxy) is 1. The van der Waals surface area contributed by atoms with Crippen LogP contribution in [0.25, 0.3) is 0 Å². The molecule has 0 spiro atoms. The molecule has 0 bridgehead atoms. The smallest absolute Gasteiger partial charge is 0.127 e. The van der Waals surface area contributed by atoms with Gasteiger partial charge in [-0.25, -0.2) is 4.39 Å². The van der Waals surface area contributed by atoms with Crippen molar-refractivity contribution in [2.75, 3.05) is 20.3 Å². The van der Waals surface area contributed by atoms with E-state index in [2.05, 4.69) is 4.90 Å². The number of rotatable bonds is 5. The Morgan fingerprint density at radius 1 is 1.50 bits per heavy atom. The van der Waals surface area contributed by atoms with E-state index in [0.29, 0.717) is 23.9 Å². The number of benzene rings is 1. The van der Waals surface area contributed by atoms with Crippen LogP contribution >= 0.6 is 0 Å². The Balaban J connectivity index is 2.08. The quantitative estimate of drug-likeness (QED) is 0.873. The molecule has 0 aromatic heterocycles. The molecule has 2 rings (SSSR count). The minimum Gasteiger partial charge on any atom is -0.497 e. The maximum absolute atomic E-state index is 13.7. The molecule has 100 valence electrons. The van der Waals surface area contributed by atoms with Crippen LogP contribution in [-0.2, 0) is 6.54 Å². The molecule has 0 aliphatic carbocycles. The first-order valence-corrected chi connectivity index (χ1v) is 6.42. The number of aliphatic hydroxyl groups excluding tert-OH is 1. The second kappa shape index (κ2) is 6.16. The fourth-order valence-corrected chi connectivity index (χ4v) is 2.60. The first kappa shape index (κ1) is 13.3. The molecule has 1 aliphatic heterocycles. The first-order valence-electron chi connectivity index (χ1n) is 6.42. The normalized spacial score (nSPS) is 20.3. The molecule has 1 aliphatic rings. The van der Waals surface area contributed by atoms with Crippen LogP contribution in [0.4, 0.5) is 4.39 Å². The van der Waals surface area contributed by atoms with Crippen LogP contribution < -0.4 is 4.74 Å². The van der Waals surface area contributed by atoms with Gasteiger partial charge in [0.15, 0.2) is 0 Å². The number of hydrogen-bond acceptors (Lipinski definition) is 3. The minimum atomic E-state index is -0.189. The topological polar surface area (TPSA) is 32.7 Å². The van der Waals surface area contributed by atoms with Gasteiger partial charge in [0.2, 0.25) is 0 Å². The monoisotopic (exact) mass is 253 g/mol. The highest BCUT2D eigenvalue weighted by atomic mass is 19.1. The van der Waals surface area contributed by atoms with E-state index in [1.165, 1.54) is 6.07 Å². The second-order valence-electron chi connectivity index (χ2n) is 4.74. The average Bonchev–Trinajstić information content (AvgIpc) is 2.80. The highest BCUT2D eigenvalue weighted by Crippen LogP contribution is 2.25. The number of methoxy groups -OCH3 is 1. The van der Waals surface area contributed by atoms with Gasteiger partial charge in [-0.05, 0) is 44.0 Å². The summed E-state index contributed by atoms with van der Waals surface area (Å²) in [6.45, 7) is 1.76. The first-order chi connectivity index (χ1) is 8.74. The third-order valence-electron chi connectivity index (χ3n) is 3.59. The lowest BCUT2D eigenvalue weighted by Gasteiger charge is -2.24. The Bertz CT molecular complexity index is 397. The molecule has 3 nitrogen and oxygen atoms in total. The van der Waals surface area contributed by atoms with Crippen molar-refractivity contribution in [3.8, 4) is 5.75 Å². The molecule has 0 unspecified atom stereocenters. The number of nitrogens with zero attached hydrogens (tertiary/aromatic N) is 1. The van der Waals surface area contributed by atoms with E-state index < -0.39 is 0 Å². The van der Waals surface area contributed by atoms with Crippen LogP contribution in [0, 0.1) is 5.82 Å². The van der Waals surface area contributed by atoms with Crippen LogP contribution in [0.1, 0.15) is 24.8 Å². The molecule has 4 heteroatoms. The van der Waals surface area contributed by atoms with Crippen LogP contribution in [0.15, 0.2) is 18.2 Å². The standard InChI is InChI=1S/C14H20FNO2/c1-18-13-4-5-14(15)11(9-13)10-16-7-2-3-12(16)6-8-17/h4-5,9,12,17H,2-3,6-8,10H2,1H3/t12-/m0/s1. The van der Waals surface area contributed by atoms with Crippen LogP contribution in [0.3, 0.4) is 0 Å². The fourth-order valence-electron chi connectivity index (χ4n) is 2.60. The summed E-state index contributed by atoms with van der Waals surface area (Å²) in [5.41, 5.74) is 0.666. The van der Waals surface area contributed by atoms with Crippen molar-refractivity contribution in [1.29, 1.82) is 0 Å². The van der Waals surface area contributed by atoms with E-state index in [1.807, 2.05) is 0 Å². The zero-order chi connectivity index (χ0) is 13.0. The Hall–Kier alpha value is -1.13. The molecule has 1 aromatic carbocycles. The highest BCUT2D eigenvalue weighted by molar-refractivity contribution is 5.29. The Morgan fingerprint density at radius 3 is 3.06 bits per heavy atom. The highest BCUT2D eigenvalue weighted by Gasteiger charge is 2.24. The van der Waals surface area contributed by atoms with Gasteiger partial charge in [-0.1, -0.05) is 0 Å². The molecule has 1 N–H and O–H groups in total. The summed E-state index contributed by atoms with van der Waals surface area (Å²) in [6.07, 6.45) is 2.98. The van der Waals surface area contributed by atoms with E-state index in [1.54, 1.807) is 19.2 Å². The molecular formula is C14H20FNO2. The van der Waals surface area contributed by atoms with E-state index in [0.717, 1.165) is 25.8 Å². The fraction of sp³-hybridized carbons (Fsp3) is 0.571. The van der Waals surface area contributed by atoms with Gasteiger partial charge >= 0.3 is 0 Å². The summed E-state index contributed by atoms with van der Waals surface area (Å²) in [7, 11) is 1.58. The predicted octanol–water partition coefficient (Wildman–Crippen LogP) is 2.18. The lowest BCUT2D eigenvalue weighted by Crippen LogP contribution is -2.30. The maximum Gasteiger partial charge on any atom is 0.127 e. The van der Waals surface area contributed by atoms with Gasteiger partial charge < -0.3 is 9.84 Å². The van der Waals surface area contributed by atoms with Gasteiger partial charge in [-0.3, -0.25) is 4.90 Å². The summed E-state index contributed by atoms with van der Waals surface area (Å²) in [4.78, 5) is 2.24. The Morgan fingerprint density at radius 2 is 2.33 bits per heavy atom. The molecule has 0 saturated carbocycles. The molecule has 0 amide bonds. The van der Waals surface area contributed by atoms with Crippen LogP contribution in [-0.4, -0.2) is 36.3 Å². The van der Waals surface area contributed by atoms with Gasteiger partial charge in [0.1, 0.15) is 11.6 Å². The average molecular weight is 253 g/mol. The van der Waals surface area contributed by atoms with Crippen molar-refractivity contribution >= 4 is 0 Å². The zero-order valence-electron chi connectivity index (χ0n) is 10.7. The number of aliphatic hydroxyl groups is 1. The lowest BCUT2D eigenvalue weighted by atomic mass is 10.1. The van der Waals surface area contributed by atoms with Gasteiger partial charge in [-0.2, -0.15) is 0 Å². The SMILES string of the molecule is COc1ccc(F)c(CN2CCC[C@H]2CCO)c1. The summed E-state index contributed by atoms with van der Waals surface area (Å²) in [5, 5.41) is 9.03. The second-order valence-corrected chi connectivity index (χ2v) is 4.74. The van der Waals surface area contributed by atoms with Crippen molar-refractivity contribution in [2.45, 2.75) is 31.8 Å². The van der Waals surface area contributed by atoms with E-state index >= 15 is 0 Å².